The predicted molar refractivity (Wildman–Crippen MR) is 68.5 cm³/mol. The van der Waals surface area contributed by atoms with Gasteiger partial charge in [0.2, 0.25) is 0 Å². The molecule has 2 rings (SSSR count). The summed E-state index contributed by atoms with van der Waals surface area (Å²) in [6.07, 6.45) is 2.76. The van der Waals surface area contributed by atoms with Gasteiger partial charge in [-0.1, -0.05) is 18.9 Å². The third kappa shape index (κ3) is 3.22. The van der Waals surface area contributed by atoms with E-state index in [0.29, 0.717) is 0 Å². The molecule has 0 saturated heterocycles. The third-order valence-corrected chi connectivity index (χ3v) is 3.67. The molecule has 0 aliphatic heterocycles. The Hall–Kier alpha value is -0.780. The lowest BCUT2D eigenvalue weighted by Crippen LogP contribution is -2.32. The highest BCUT2D eigenvalue weighted by molar-refractivity contribution is 5.85. The first-order valence-electron chi connectivity index (χ1n) is 6.09. The van der Waals surface area contributed by atoms with E-state index in [4.69, 9.17) is 5.73 Å². The minimum Gasteiger partial charge on any atom is -0.391 e. The van der Waals surface area contributed by atoms with E-state index in [0.717, 1.165) is 37.8 Å². The number of benzene rings is 1. The van der Waals surface area contributed by atoms with Gasteiger partial charge in [-0.15, -0.1) is 12.4 Å². The summed E-state index contributed by atoms with van der Waals surface area (Å²) >= 11 is 0. The molecule has 6 heteroatoms. The average molecular weight is 296 g/mol. The van der Waals surface area contributed by atoms with Crippen LogP contribution >= 0.6 is 12.4 Å². The molecule has 0 radical (unpaired) electrons. The van der Waals surface area contributed by atoms with Gasteiger partial charge in [-0.3, -0.25) is 0 Å². The second-order valence-electron chi connectivity index (χ2n) is 4.83. The lowest BCUT2D eigenvalue weighted by atomic mass is 9.90. The van der Waals surface area contributed by atoms with Crippen LogP contribution in [0.15, 0.2) is 12.1 Å². The molecule has 1 aliphatic rings. The largest absolute Gasteiger partial charge is 0.391 e. The zero-order valence-corrected chi connectivity index (χ0v) is 11.1. The maximum atomic E-state index is 13.6. The highest BCUT2D eigenvalue weighted by Crippen LogP contribution is 2.33. The van der Waals surface area contributed by atoms with Crippen LogP contribution in [0, 0.1) is 23.4 Å². The molecule has 1 aromatic carbocycles. The summed E-state index contributed by atoms with van der Waals surface area (Å²) in [5.74, 6) is -4.09. The number of hydrogen-bond donors (Lipinski definition) is 2. The van der Waals surface area contributed by atoms with E-state index in [1.807, 2.05) is 0 Å². The third-order valence-electron chi connectivity index (χ3n) is 3.67. The van der Waals surface area contributed by atoms with Gasteiger partial charge in [0, 0.05) is 5.56 Å². The fraction of sp³-hybridized carbons (Fsp3) is 0.538. The van der Waals surface area contributed by atoms with E-state index in [1.54, 1.807) is 0 Å². The lowest BCUT2D eigenvalue weighted by Gasteiger charge is -2.25. The molecule has 19 heavy (non-hydrogen) atoms. The molecule has 0 bridgehead atoms. The fourth-order valence-electron chi connectivity index (χ4n) is 2.57. The van der Waals surface area contributed by atoms with Crippen molar-refractivity contribution in [2.45, 2.75) is 37.8 Å². The van der Waals surface area contributed by atoms with Crippen LogP contribution in [0.25, 0.3) is 0 Å². The molecule has 0 amide bonds. The molecule has 1 aromatic rings. The summed E-state index contributed by atoms with van der Waals surface area (Å²) in [6, 6.07) is 0.897. The summed E-state index contributed by atoms with van der Waals surface area (Å²) < 4.78 is 39.5. The molecular formula is C13H17ClF3NO. The van der Waals surface area contributed by atoms with E-state index >= 15 is 0 Å². The second kappa shape index (κ2) is 6.59. The molecule has 108 valence electrons. The first kappa shape index (κ1) is 16.3. The molecule has 3 N–H and O–H groups in total. The van der Waals surface area contributed by atoms with Gasteiger partial charge >= 0.3 is 0 Å². The van der Waals surface area contributed by atoms with Crippen LogP contribution < -0.4 is 5.73 Å². The van der Waals surface area contributed by atoms with Crippen molar-refractivity contribution in [2.75, 3.05) is 0 Å². The Morgan fingerprint density at radius 1 is 1.11 bits per heavy atom. The van der Waals surface area contributed by atoms with E-state index in [2.05, 4.69) is 0 Å². The van der Waals surface area contributed by atoms with Crippen LogP contribution in [-0.4, -0.2) is 11.2 Å². The standard InChI is InChI=1S/C13H16F3NO.ClH/c14-9-6-5-8(10(15)11(9)16)12(17)13(18)7-3-1-2-4-7;/h5-7,12-13,18H,1-4,17H2;1H/t12-,13+;/m1./s1. The molecule has 0 aromatic heterocycles. The Morgan fingerprint density at radius 3 is 2.26 bits per heavy atom. The van der Waals surface area contributed by atoms with Crippen molar-refractivity contribution in [3.63, 3.8) is 0 Å². The lowest BCUT2D eigenvalue weighted by molar-refractivity contribution is 0.0829. The smallest absolute Gasteiger partial charge is 0.194 e. The molecule has 0 spiro atoms. The van der Waals surface area contributed by atoms with E-state index in [9.17, 15) is 18.3 Å². The molecule has 1 fully saturated rings. The van der Waals surface area contributed by atoms with Crippen molar-refractivity contribution in [1.82, 2.24) is 0 Å². The van der Waals surface area contributed by atoms with Gasteiger partial charge in [0.15, 0.2) is 17.5 Å². The van der Waals surface area contributed by atoms with Gasteiger partial charge in [-0.25, -0.2) is 13.2 Å². The monoisotopic (exact) mass is 295 g/mol. The minimum absolute atomic E-state index is 0. The predicted octanol–water partition coefficient (Wildman–Crippen LogP) is 3.08. The van der Waals surface area contributed by atoms with Crippen molar-refractivity contribution in [1.29, 1.82) is 0 Å². The molecule has 1 aliphatic carbocycles. The van der Waals surface area contributed by atoms with Gasteiger partial charge < -0.3 is 10.8 Å². The summed E-state index contributed by atoms with van der Waals surface area (Å²) in [5.41, 5.74) is 5.59. The van der Waals surface area contributed by atoms with Crippen molar-refractivity contribution >= 4 is 12.4 Å². The number of nitrogens with two attached hydrogens (primary N) is 1. The van der Waals surface area contributed by atoms with Gasteiger partial charge in [0.05, 0.1) is 12.1 Å². The summed E-state index contributed by atoms with van der Waals surface area (Å²) in [5, 5.41) is 10.0. The Kier molecular flexibility index (Phi) is 5.64. The highest BCUT2D eigenvalue weighted by atomic mass is 35.5. The normalized spacial score (nSPS) is 19.0. The molecular weight excluding hydrogens is 279 g/mol. The number of aliphatic hydroxyl groups is 1. The summed E-state index contributed by atoms with van der Waals surface area (Å²) in [4.78, 5) is 0. The maximum absolute atomic E-state index is 13.6. The van der Waals surface area contributed by atoms with Crippen molar-refractivity contribution in [3.8, 4) is 0 Å². The molecule has 1 saturated carbocycles. The summed E-state index contributed by atoms with van der Waals surface area (Å²) in [6.45, 7) is 0. The minimum atomic E-state index is -1.54. The van der Waals surface area contributed by atoms with E-state index < -0.39 is 29.6 Å². The Bertz CT molecular complexity index is 438. The Labute approximate surface area is 116 Å². The Morgan fingerprint density at radius 2 is 1.68 bits per heavy atom. The van der Waals surface area contributed by atoms with Gasteiger partial charge in [-0.2, -0.15) is 0 Å². The van der Waals surface area contributed by atoms with Gasteiger partial charge in [-0.05, 0) is 24.8 Å². The number of rotatable bonds is 3. The molecule has 2 atom stereocenters. The van der Waals surface area contributed by atoms with Gasteiger partial charge in [0.25, 0.3) is 0 Å². The van der Waals surface area contributed by atoms with Crippen LogP contribution in [0.4, 0.5) is 13.2 Å². The van der Waals surface area contributed by atoms with E-state index in [-0.39, 0.29) is 23.9 Å². The quantitative estimate of drug-likeness (QED) is 0.842. The Balaban J connectivity index is 0.00000180. The molecule has 0 unspecified atom stereocenters. The first-order valence-corrected chi connectivity index (χ1v) is 6.09. The molecule has 0 heterocycles. The van der Waals surface area contributed by atoms with Gasteiger partial charge in [0.1, 0.15) is 0 Å². The number of aliphatic hydroxyl groups excluding tert-OH is 1. The average Bonchev–Trinajstić information content (AvgIpc) is 2.88. The topological polar surface area (TPSA) is 46.2 Å². The van der Waals surface area contributed by atoms with Crippen molar-refractivity contribution < 1.29 is 18.3 Å². The number of hydrogen-bond acceptors (Lipinski definition) is 2. The zero-order valence-electron chi connectivity index (χ0n) is 10.3. The van der Waals surface area contributed by atoms with E-state index in [1.165, 1.54) is 0 Å². The zero-order chi connectivity index (χ0) is 13.3. The number of halogens is 4. The van der Waals surface area contributed by atoms with Crippen molar-refractivity contribution in [3.05, 3.63) is 35.1 Å². The highest BCUT2D eigenvalue weighted by Gasteiger charge is 2.31. The van der Waals surface area contributed by atoms with Crippen LogP contribution in [0.1, 0.15) is 37.3 Å². The maximum Gasteiger partial charge on any atom is 0.194 e. The van der Waals surface area contributed by atoms with Crippen molar-refractivity contribution in [2.24, 2.45) is 11.7 Å². The fourth-order valence-corrected chi connectivity index (χ4v) is 2.57. The van der Waals surface area contributed by atoms with Crippen LogP contribution in [-0.2, 0) is 0 Å². The summed E-state index contributed by atoms with van der Waals surface area (Å²) in [7, 11) is 0. The second-order valence-corrected chi connectivity index (χ2v) is 4.83. The molecule has 2 nitrogen and oxygen atoms in total. The van der Waals surface area contributed by atoms with Crippen LogP contribution in [0.2, 0.25) is 0 Å². The van der Waals surface area contributed by atoms with Crippen LogP contribution in [0.3, 0.4) is 0 Å². The SMILES string of the molecule is Cl.N[C@H](c1ccc(F)c(F)c1F)[C@@H](O)C1CCCC1. The first-order chi connectivity index (χ1) is 8.52. The van der Waals surface area contributed by atoms with Crippen LogP contribution in [0.5, 0.6) is 0 Å².